The highest BCUT2D eigenvalue weighted by Gasteiger charge is 2.21. The molecule has 0 amide bonds. The molecule has 3 rings (SSSR count). The minimum absolute atomic E-state index is 0.704. The SMILES string of the molecule is C=C(C)/C(C)=C/c1ccccc1C.CC1=C(c2cc(C)ccc2C)C(C)CCC(C)C1. The van der Waals surface area contributed by atoms with Crippen molar-refractivity contribution in [3.8, 4) is 0 Å². The molecule has 0 fully saturated rings. The third kappa shape index (κ3) is 7.10. The van der Waals surface area contributed by atoms with Crippen LogP contribution in [0.25, 0.3) is 11.6 Å². The summed E-state index contributed by atoms with van der Waals surface area (Å²) in [7, 11) is 0. The number of aryl methyl sites for hydroxylation is 3. The first-order chi connectivity index (χ1) is 14.6. The van der Waals surface area contributed by atoms with E-state index in [1.807, 2.05) is 6.92 Å². The fourth-order valence-corrected chi connectivity index (χ4v) is 4.46. The minimum Gasteiger partial charge on any atom is -0.0958 e. The zero-order valence-electron chi connectivity index (χ0n) is 21.1. The van der Waals surface area contributed by atoms with Gasteiger partial charge in [0.2, 0.25) is 0 Å². The van der Waals surface area contributed by atoms with Gasteiger partial charge >= 0.3 is 0 Å². The Bertz CT molecular complexity index is 967. The molecule has 0 nitrogen and oxygen atoms in total. The van der Waals surface area contributed by atoms with Crippen LogP contribution in [0.1, 0.15) is 81.7 Å². The minimum atomic E-state index is 0.704. The summed E-state index contributed by atoms with van der Waals surface area (Å²) in [6.07, 6.45) is 6.15. The van der Waals surface area contributed by atoms with Gasteiger partial charge in [0.15, 0.2) is 0 Å². The summed E-state index contributed by atoms with van der Waals surface area (Å²) in [5.41, 5.74) is 12.5. The number of allylic oxidation sites excluding steroid dienone is 4. The molecule has 166 valence electrons. The van der Waals surface area contributed by atoms with Crippen molar-refractivity contribution in [3.05, 3.63) is 93.6 Å². The number of hydrogen-bond donors (Lipinski definition) is 0. The first-order valence-corrected chi connectivity index (χ1v) is 11.8. The lowest BCUT2D eigenvalue weighted by molar-refractivity contribution is 0.491. The van der Waals surface area contributed by atoms with Gasteiger partial charge in [0.05, 0.1) is 0 Å². The van der Waals surface area contributed by atoms with Crippen molar-refractivity contribution in [1.82, 2.24) is 0 Å². The maximum Gasteiger partial charge on any atom is -0.0185 e. The van der Waals surface area contributed by atoms with E-state index < -0.39 is 0 Å². The molecule has 2 atom stereocenters. The molecule has 2 aromatic rings. The lowest BCUT2D eigenvalue weighted by atomic mass is 9.86. The van der Waals surface area contributed by atoms with Crippen molar-refractivity contribution in [2.24, 2.45) is 11.8 Å². The van der Waals surface area contributed by atoms with E-state index in [1.165, 1.54) is 52.7 Å². The van der Waals surface area contributed by atoms with Gasteiger partial charge in [-0.2, -0.15) is 0 Å². The maximum absolute atomic E-state index is 3.91. The van der Waals surface area contributed by atoms with Crippen LogP contribution >= 0.6 is 0 Å². The van der Waals surface area contributed by atoms with E-state index in [0.717, 1.165) is 11.5 Å². The zero-order valence-corrected chi connectivity index (χ0v) is 21.1. The summed E-state index contributed by atoms with van der Waals surface area (Å²) >= 11 is 0. The Morgan fingerprint density at radius 1 is 0.903 bits per heavy atom. The molecule has 1 aliphatic rings. The molecule has 2 aromatic carbocycles. The molecular weight excluding hydrogens is 372 g/mol. The lowest BCUT2D eigenvalue weighted by Gasteiger charge is -2.19. The van der Waals surface area contributed by atoms with Crippen LogP contribution in [-0.2, 0) is 0 Å². The van der Waals surface area contributed by atoms with Crippen molar-refractivity contribution in [3.63, 3.8) is 0 Å². The van der Waals surface area contributed by atoms with E-state index in [1.54, 1.807) is 11.1 Å². The molecule has 0 bridgehead atoms. The van der Waals surface area contributed by atoms with E-state index in [2.05, 4.69) is 104 Å². The predicted molar refractivity (Wildman–Crippen MR) is 140 cm³/mol. The van der Waals surface area contributed by atoms with Gasteiger partial charge in [-0.3, -0.25) is 0 Å². The van der Waals surface area contributed by atoms with Gasteiger partial charge < -0.3 is 0 Å². The van der Waals surface area contributed by atoms with Crippen molar-refractivity contribution in [1.29, 1.82) is 0 Å². The average molecular weight is 415 g/mol. The van der Waals surface area contributed by atoms with E-state index >= 15 is 0 Å². The Labute approximate surface area is 191 Å². The summed E-state index contributed by atoms with van der Waals surface area (Å²) in [4.78, 5) is 0. The van der Waals surface area contributed by atoms with Crippen LogP contribution in [-0.4, -0.2) is 0 Å². The fraction of sp³-hybridized carbons (Fsp3) is 0.419. The number of rotatable bonds is 3. The molecule has 31 heavy (non-hydrogen) atoms. The average Bonchev–Trinajstić information content (AvgIpc) is 2.83. The molecule has 2 unspecified atom stereocenters. The van der Waals surface area contributed by atoms with Gasteiger partial charge in [-0.05, 0) is 106 Å². The number of hydrogen-bond acceptors (Lipinski definition) is 0. The van der Waals surface area contributed by atoms with E-state index in [9.17, 15) is 0 Å². The third-order valence-corrected chi connectivity index (χ3v) is 6.62. The first-order valence-electron chi connectivity index (χ1n) is 11.8. The third-order valence-electron chi connectivity index (χ3n) is 6.62. The van der Waals surface area contributed by atoms with Gasteiger partial charge in [-0.1, -0.05) is 85.7 Å². The monoisotopic (exact) mass is 414 g/mol. The van der Waals surface area contributed by atoms with Gasteiger partial charge in [-0.15, -0.1) is 0 Å². The Hall–Kier alpha value is -2.34. The second-order valence-electron chi connectivity index (χ2n) is 9.76. The summed E-state index contributed by atoms with van der Waals surface area (Å²) in [6, 6.07) is 15.2. The largest absolute Gasteiger partial charge is 0.0958 e. The van der Waals surface area contributed by atoms with Crippen LogP contribution < -0.4 is 0 Å². The standard InChI is InChI=1S/C18H26.C13H16/c1-12-7-9-15(4)18(16(5)10-12)17-11-13(2)6-8-14(17)3;1-10(2)12(4)9-13-8-6-5-7-11(13)3/h6,8,11-12,15H,7,9-10H2,1-5H3;5-9H,1H2,2-4H3/b;12-9+. The second-order valence-corrected chi connectivity index (χ2v) is 9.76. The summed E-state index contributed by atoms with van der Waals surface area (Å²) in [5, 5.41) is 0. The van der Waals surface area contributed by atoms with Gasteiger partial charge in [0, 0.05) is 0 Å². The summed E-state index contributed by atoms with van der Waals surface area (Å²) < 4.78 is 0. The highest BCUT2D eigenvalue weighted by molar-refractivity contribution is 5.73. The van der Waals surface area contributed by atoms with Crippen LogP contribution in [0.3, 0.4) is 0 Å². The Morgan fingerprint density at radius 2 is 1.58 bits per heavy atom. The molecule has 0 saturated carbocycles. The van der Waals surface area contributed by atoms with Crippen molar-refractivity contribution in [2.45, 2.75) is 74.7 Å². The van der Waals surface area contributed by atoms with Crippen molar-refractivity contribution in [2.75, 3.05) is 0 Å². The zero-order chi connectivity index (χ0) is 23.1. The van der Waals surface area contributed by atoms with Gasteiger partial charge in [0.1, 0.15) is 0 Å². The van der Waals surface area contributed by atoms with Gasteiger partial charge in [-0.25, -0.2) is 0 Å². The van der Waals surface area contributed by atoms with Crippen LogP contribution in [0.5, 0.6) is 0 Å². The predicted octanol–water partition coefficient (Wildman–Crippen LogP) is 9.51. The van der Waals surface area contributed by atoms with Crippen LogP contribution in [0.4, 0.5) is 0 Å². The highest BCUT2D eigenvalue weighted by Crippen LogP contribution is 2.38. The van der Waals surface area contributed by atoms with E-state index in [-0.39, 0.29) is 0 Å². The summed E-state index contributed by atoms with van der Waals surface area (Å²) in [5.74, 6) is 1.55. The Kier molecular flexibility index (Phi) is 9.11. The highest BCUT2D eigenvalue weighted by atomic mass is 14.3. The lowest BCUT2D eigenvalue weighted by Crippen LogP contribution is -2.02. The van der Waals surface area contributed by atoms with E-state index in [0.29, 0.717) is 5.92 Å². The quantitative estimate of drug-likeness (QED) is 0.439. The molecule has 1 aliphatic carbocycles. The normalized spacial score (nSPS) is 19.4. The van der Waals surface area contributed by atoms with Crippen molar-refractivity contribution < 1.29 is 0 Å². The van der Waals surface area contributed by atoms with Crippen LogP contribution in [0.2, 0.25) is 0 Å². The molecule has 0 heteroatoms. The molecule has 0 aromatic heterocycles. The molecule has 0 aliphatic heterocycles. The fourth-order valence-electron chi connectivity index (χ4n) is 4.46. The summed E-state index contributed by atoms with van der Waals surface area (Å²) in [6.45, 7) is 21.7. The molecule has 0 spiro atoms. The van der Waals surface area contributed by atoms with Crippen LogP contribution in [0, 0.1) is 32.6 Å². The Morgan fingerprint density at radius 3 is 2.23 bits per heavy atom. The topological polar surface area (TPSA) is 0 Å². The van der Waals surface area contributed by atoms with E-state index in [4.69, 9.17) is 0 Å². The van der Waals surface area contributed by atoms with Crippen molar-refractivity contribution >= 4 is 11.6 Å². The molecule has 0 N–H and O–H groups in total. The first kappa shape index (κ1) is 24.9. The smallest absolute Gasteiger partial charge is 0.0185 e. The number of benzene rings is 2. The molecule has 0 radical (unpaired) electrons. The molecule has 0 heterocycles. The Balaban J connectivity index is 0.000000233. The maximum atomic E-state index is 3.91. The molecular formula is C31H42. The van der Waals surface area contributed by atoms with Gasteiger partial charge in [0.25, 0.3) is 0 Å². The molecule has 0 saturated heterocycles. The second kappa shape index (κ2) is 11.3. The van der Waals surface area contributed by atoms with Crippen LogP contribution in [0.15, 0.2) is 65.8 Å².